The van der Waals surface area contributed by atoms with Crippen LogP contribution in [0.5, 0.6) is 5.75 Å². The van der Waals surface area contributed by atoms with Crippen LogP contribution in [0.25, 0.3) is 11.6 Å². The Kier molecular flexibility index (Phi) is 9.39. The van der Waals surface area contributed by atoms with Crippen molar-refractivity contribution >= 4 is 23.2 Å². The molecule has 226 valence electrons. The number of methoxy groups -OCH3 is 1. The molecule has 5 rings (SSSR count). The van der Waals surface area contributed by atoms with Gasteiger partial charge in [-0.05, 0) is 116 Å². The van der Waals surface area contributed by atoms with Crippen LogP contribution in [-0.4, -0.2) is 18.7 Å². The Labute approximate surface area is 258 Å². The monoisotopic (exact) mass is 576 g/mol. The van der Waals surface area contributed by atoms with Crippen LogP contribution >= 0.6 is 0 Å². The minimum Gasteiger partial charge on any atom is -0.496 e. The lowest BCUT2D eigenvalue weighted by Crippen LogP contribution is -2.29. The maximum atomic E-state index is 14.5. The second kappa shape index (κ2) is 13.0. The molecule has 2 unspecified atom stereocenters. The predicted molar refractivity (Wildman–Crippen MR) is 178 cm³/mol. The van der Waals surface area contributed by atoms with E-state index in [0.717, 1.165) is 42.6 Å². The van der Waals surface area contributed by atoms with Gasteiger partial charge in [0.1, 0.15) is 11.5 Å². The average Bonchev–Trinajstić information content (AvgIpc) is 3.49. The van der Waals surface area contributed by atoms with E-state index >= 15 is 0 Å². The maximum Gasteiger partial charge on any atom is 0.162 e. The van der Waals surface area contributed by atoms with E-state index in [1.807, 2.05) is 6.92 Å². The second-order valence-corrected chi connectivity index (χ2v) is 13.0. The van der Waals surface area contributed by atoms with E-state index in [0.29, 0.717) is 37.5 Å². The summed E-state index contributed by atoms with van der Waals surface area (Å²) < 4.78 is 5.82. The fourth-order valence-corrected chi connectivity index (χ4v) is 7.81. The minimum atomic E-state index is -0.120. The summed E-state index contributed by atoms with van der Waals surface area (Å²) in [5.41, 5.74) is 12.0. The number of fused-ring (bicyclic) bond motifs is 1. The van der Waals surface area contributed by atoms with Crippen molar-refractivity contribution in [2.75, 3.05) is 7.11 Å². The summed E-state index contributed by atoms with van der Waals surface area (Å²) in [4.78, 5) is 26.9. The molecule has 1 saturated carbocycles. The Morgan fingerprint density at radius 2 is 1.67 bits per heavy atom. The Hall–Kier alpha value is -3.46. The number of carbonyl (C=O) groups is 2. The van der Waals surface area contributed by atoms with E-state index < -0.39 is 0 Å². The molecular weight excluding hydrogens is 528 g/mol. The van der Waals surface area contributed by atoms with E-state index in [9.17, 15) is 9.59 Å². The topological polar surface area (TPSA) is 43.4 Å². The summed E-state index contributed by atoms with van der Waals surface area (Å²) in [5.74, 6) is 2.31. The van der Waals surface area contributed by atoms with Gasteiger partial charge in [-0.1, -0.05) is 62.4 Å². The van der Waals surface area contributed by atoms with Gasteiger partial charge in [-0.15, -0.1) is 0 Å². The number of carbonyl (C=O) groups excluding carboxylic acids is 2. The van der Waals surface area contributed by atoms with Crippen LogP contribution in [0.15, 0.2) is 76.9 Å². The van der Waals surface area contributed by atoms with Gasteiger partial charge >= 0.3 is 0 Å². The number of hydrogen-bond donors (Lipinski definition) is 0. The maximum absolute atomic E-state index is 14.5. The van der Waals surface area contributed by atoms with Crippen LogP contribution in [0.2, 0.25) is 0 Å². The molecule has 0 saturated heterocycles. The number of benzene rings is 2. The molecule has 0 spiro atoms. The molecule has 0 radical (unpaired) electrons. The molecule has 2 atom stereocenters. The molecule has 3 nitrogen and oxygen atoms in total. The lowest BCUT2D eigenvalue weighted by atomic mass is 9.70. The largest absolute Gasteiger partial charge is 0.496 e. The van der Waals surface area contributed by atoms with Crippen LogP contribution < -0.4 is 4.74 Å². The highest BCUT2D eigenvalue weighted by Gasteiger charge is 2.36. The summed E-state index contributed by atoms with van der Waals surface area (Å²) in [5, 5.41) is 0. The average molecular weight is 577 g/mol. The fourth-order valence-electron chi connectivity index (χ4n) is 7.81. The van der Waals surface area contributed by atoms with Crippen molar-refractivity contribution in [3.8, 4) is 5.75 Å². The summed E-state index contributed by atoms with van der Waals surface area (Å²) >= 11 is 0. The molecule has 0 bridgehead atoms. The van der Waals surface area contributed by atoms with Crippen LogP contribution in [0.1, 0.15) is 108 Å². The third-order valence-corrected chi connectivity index (χ3v) is 10.9. The smallest absolute Gasteiger partial charge is 0.162 e. The summed E-state index contributed by atoms with van der Waals surface area (Å²) in [6.45, 7) is 15.1. The summed E-state index contributed by atoms with van der Waals surface area (Å²) in [6, 6.07) is 15.0. The number of Topliss-reactive ketones (excluding diaryl/α,β-unsaturated/α-hetero) is 2. The third kappa shape index (κ3) is 6.01. The van der Waals surface area contributed by atoms with Gasteiger partial charge in [0, 0.05) is 42.2 Å². The van der Waals surface area contributed by atoms with E-state index in [1.54, 1.807) is 7.11 Å². The number of ether oxygens (including phenoxy) is 1. The molecule has 0 aliphatic heterocycles. The third-order valence-electron chi connectivity index (χ3n) is 10.9. The predicted octanol–water partition coefficient (Wildman–Crippen LogP) is 9.87. The van der Waals surface area contributed by atoms with Crippen LogP contribution in [0.4, 0.5) is 0 Å². The first-order chi connectivity index (χ1) is 20.7. The molecule has 2 aromatic carbocycles. The van der Waals surface area contributed by atoms with Gasteiger partial charge < -0.3 is 4.74 Å². The number of ketones is 2. The first kappa shape index (κ1) is 31.0. The van der Waals surface area contributed by atoms with E-state index in [1.165, 1.54) is 44.6 Å². The molecule has 0 N–H and O–H groups in total. The molecule has 0 heterocycles. The highest BCUT2D eigenvalue weighted by molar-refractivity contribution is 6.05. The lowest BCUT2D eigenvalue weighted by Gasteiger charge is -2.34. The molecule has 43 heavy (non-hydrogen) atoms. The molecule has 3 heteroatoms. The molecular formula is C40H48O3. The van der Waals surface area contributed by atoms with Gasteiger partial charge in [0.2, 0.25) is 0 Å². The molecule has 0 aromatic heterocycles. The zero-order chi connectivity index (χ0) is 30.8. The zero-order valence-corrected chi connectivity index (χ0v) is 27.0. The Bertz CT molecular complexity index is 1510. The second-order valence-electron chi connectivity index (χ2n) is 13.0. The highest BCUT2D eigenvalue weighted by Crippen LogP contribution is 2.47. The number of allylic oxidation sites excluding steroid dienone is 6. The van der Waals surface area contributed by atoms with Crippen molar-refractivity contribution in [3.63, 3.8) is 0 Å². The van der Waals surface area contributed by atoms with Gasteiger partial charge in [-0.2, -0.15) is 0 Å². The first-order valence-corrected chi connectivity index (χ1v) is 16.3. The van der Waals surface area contributed by atoms with Gasteiger partial charge in [0.15, 0.2) is 5.78 Å². The van der Waals surface area contributed by atoms with Gasteiger partial charge in [-0.25, -0.2) is 0 Å². The van der Waals surface area contributed by atoms with Gasteiger partial charge in [0.05, 0.1) is 7.11 Å². The Balaban J connectivity index is 1.44. The van der Waals surface area contributed by atoms with Crippen molar-refractivity contribution in [1.29, 1.82) is 0 Å². The molecule has 1 fully saturated rings. The molecule has 3 aliphatic rings. The van der Waals surface area contributed by atoms with Crippen molar-refractivity contribution in [3.05, 3.63) is 99.2 Å². The number of rotatable bonds is 10. The van der Waals surface area contributed by atoms with Crippen LogP contribution in [0.3, 0.4) is 0 Å². The minimum absolute atomic E-state index is 0.120. The van der Waals surface area contributed by atoms with Crippen molar-refractivity contribution in [1.82, 2.24) is 0 Å². The zero-order valence-electron chi connectivity index (χ0n) is 27.0. The molecule has 3 aliphatic carbocycles. The van der Waals surface area contributed by atoms with Crippen molar-refractivity contribution in [2.24, 2.45) is 17.8 Å². The Morgan fingerprint density at radius 3 is 2.33 bits per heavy atom. The summed E-state index contributed by atoms with van der Waals surface area (Å²) in [6.07, 6.45) is 8.62. The standard InChI is InChI=1S/C40H48O3/c1-8-33(41)18-19-34(31-16-14-30(15-17-31)29-12-10-9-11-13-29)40(42)32-22-36-35(20-21-38(43-7)37(36)23-32)39-27(5)25(3)24(2)26(4)28(39)6/h9-13,20-21,23,25,30-31,34H,2,8,14-19,22H2,1,3-7H3. The van der Waals surface area contributed by atoms with E-state index in [2.05, 4.69) is 82.8 Å². The van der Waals surface area contributed by atoms with Gasteiger partial charge in [-0.3, -0.25) is 9.59 Å². The SMILES string of the molecule is C=C1C(C)=C(C)C(c2ccc(OC)c3c2CC(C(=O)C(CCC(=O)CC)C2CCC(c4ccccc4)CC2)=C3)=C(C)C1C. The quantitative estimate of drug-likeness (QED) is 0.283. The fraction of sp³-hybridized carbons (Fsp3) is 0.450. The van der Waals surface area contributed by atoms with Crippen LogP contribution in [0, 0.1) is 17.8 Å². The molecule has 0 amide bonds. The summed E-state index contributed by atoms with van der Waals surface area (Å²) in [7, 11) is 1.71. The number of hydrogen-bond acceptors (Lipinski definition) is 3. The molecule has 2 aromatic rings. The van der Waals surface area contributed by atoms with E-state index in [4.69, 9.17) is 4.74 Å². The highest BCUT2D eigenvalue weighted by atomic mass is 16.5. The normalized spacial score (nSPS) is 22.8. The Morgan fingerprint density at radius 1 is 0.977 bits per heavy atom. The lowest BCUT2D eigenvalue weighted by molar-refractivity contribution is -0.122. The first-order valence-electron chi connectivity index (χ1n) is 16.3. The van der Waals surface area contributed by atoms with Crippen molar-refractivity contribution < 1.29 is 14.3 Å². The van der Waals surface area contributed by atoms with Crippen LogP contribution in [-0.2, 0) is 16.0 Å². The van der Waals surface area contributed by atoms with Crippen molar-refractivity contribution in [2.45, 2.75) is 91.9 Å². The van der Waals surface area contributed by atoms with Gasteiger partial charge in [0.25, 0.3) is 0 Å². The van der Waals surface area contributed by atoms with E-state index in [-0.39, 0.29) is 23.4 Å².